The fraction of sp³-hybridized carbons (Fsp3) is 0.318. The summed E-state index contributed by atoms with van der Waals surface area (Å²) in [4.78, 5) is 40.2. The van der Waals surface area contributed by atoms with E-state index in [-0.39, 0.29) is 37.6 Å². The van der Waals surface area contributed by atoms with Crippen molar-refractivity contribution < 1.29 is 27.9 Å². The third-order valence-corrected chi connectivity index (χ3v) is 5.01. The predicted octanol–water partition coefficient (Wildman–Crippen LogP) is 2.81. The molecule has 1 N–H and O–H groups in total. The van der Waals surface area contributed by atoms with Gasteiger partial charge in [0.25, 0.3) is 0 Å². The number of hydrogen-bond acceptors (Lipinski definition) is 4. The quantitative estimate of drug-likeness (QED) is 0.731. The topological polar surface area (TPSA) is 79.0 Å². The Balaban J connectivity index is 1.64. The Bertz CT molecular complexity index is 978. The van der Waals surface area contributed by atoms with Gasteiger partial charge in [0.2, 0.25) is 17.7 Å². The van der Waals surface area contributed by atoms with Crippen molar-refractivity contribution in [3.8, 4) is 5.75 Å². The number of amides is 3. The van der Waals surface area contributed by atoms with Gasteiger partial charge in [-0.3, -0.25) is 14.4 Å². The summed E-state index contributed by atoms with van der Waals surface area (Å²) in [7, 11) is 1.52. The first-order valence-corrected chi connectivity index (χ1v) is 9.80. The van der Waals surface area contributed by atoms with Gasteiger partial charge < -0.3 is 19.9 Å². The molecule has 2 aromatic rings. The summed E-state index contributed by atoms with van der Waals surface area (Å²) in [5.74, 6) is -2.89. The van der Waals surface area contributed by atoms with Crippen molar-refractivity contribution in [1.29, 1.82) is 0 Å². The van der Waals surface area contributed by atoms with Gasteiger partial charge in [-0.15, -0.1) is 0 Å². The first-order valence-electron chi connectivity index (χ1n) is 9.80. The number of rotatable bonds is 7. The van der Waals surface area contributed by atoms with Gasteiger partial charge in [0, 0.05) is 43.0 Å². The number of carbonyl (C=O) groups excluding carboxylic acids is 3. The molecule has 3 amide bonds. The molecule has 9 heteroatoms. The molecule has 164 valence electrons. The van der Waals surface area contributed by atoms with Gasteiger partial charge >= 0.3 is 0 Å². The number of carbonyl (C=O) groups is 3. The Morgan fingerprint density at radius 3 is 2.55 bits per heavy atom. The minimum atomic E-state index is -0.804. The lowest BCUT2D eigenvalue weighted by Crippen LogP contribution is -2.42. The molecule has 1 saturated heterocycles. The Morgan fingerprint density at radius 2 is 1.90 bits per heavy atom. The van der Waals surface area contributed by atoms with Gasteiger partial charge in [0.1, 0.15) is 17.4 Å². The summed E-state index contributed by atoms with van der Waals surface area (Å²) in [6, 6.07) is 9.63. The molecule has 0 bridgehead atoms. The molecule has 1 atom stereocenters. The van der Waals surface area contributed by atoms with Crippen LogP contribution in [0.25, 0.3) is 0 Å². The molecule has 3 rings (SSSR count). The van der Waals surface area contributed by atoms with E-state index in [1.54, 1.807) is 31.2 Å². The molecule has 0 radical (unpaired) electrons. The molecular formula is C22H23F2N3O4. The zero-order valence-corrected chi connectivity index (χ0v) is 17.2. The Hall–Kier alpha value is -3.49. The van der Waals surface area contributed by atoms with Crippen molar-refractivity contribution >= 4 is 29.1 Å². The molecule has 0 saturated carbocycles. The van der Waals surface area contributed by atoms with Crippen LogP contribution >= 0.6 is 0 Å². The first-order chi connectivity index (χ1) is 14.8. The Labute approximate surface area is 178 Å². The molecule has 7 nitrogen and oxygen atoms in total. The number of methoxy groups -OCH3 is 1. The van der Waals surface area contributed by atoms with Crippen LogP contribution in [0.4, 0.5) is 20.2 Å². The number of nitrogens with one attached hydrogen (secondary N) is 1. The lowest BCUT2D eigenvalue weighted by atomic mass is 10.1. The average molecular weight is 431 g/mol. The van der Waals surface area contributed by atoms with Crippen molar-refractivity contribution in [3.05, 3.63) is 54.1 Å². The van der Waals surface area contributed by atoms with E-state index in [2.05, 4.69) is 5.32 Å². The SMILES string of the molecule is CCN(CC(=O)Nc1cccc(OC)c1)C(=O)C1CC(=O)N(c2cc(F)cc(F)c2)C1. The van der Waals surface area contributed by atoms with E-state index in [4.69, 9.17) is 4.74 Å². The minimum Gasteiger partial charge on any atom is -0.497 e. The van der Waals surface area contributed by atoms with E-state index >= 15 is 0 Å². The number of likely N-dealkylation sites (N-methyl/N-ethyl adjacent to an activating group) is 1. The van der Waals surface area contributed by atoms with Gasteiger partial charge in [0.15, 0.2) is 0 Å². The van der Waals surface area contributed by atoms with Crippen LogP contribution in [0.3, 0.4) is 0 Å². The summed E-state index contributed by atoms with van der Waals surface area (Å²) in [6.45, 7) is 1.80. The summed E-state index contributed by atoms with van der Waals surface area (Å²) >= 11 is 0. The second kappa shape index (κ2) is 9.55. The van der Waals surface area contributed by atoms with E-state index in [1.165, 1.54) is 16.9 Å². The smallest absolute Gasteiger partial charge is 0.243 e. The molecule has 0 aliphatic carbocycles. The number of anilines is 2. The van der Waals surface area contributed by atoms with Crippen molar-refractivity contribution in [2.45, 2.75) is 13.3 Å². The van der Waals surface area contributed by atoms with Crippen LogP contribution in [0, 0.1) is 17.6 Å². The van der Waals surface area contributed by atoms with E-state index in [0.29, 0.717) is 17.5 Å². The third kappa shape index (κ3) is 5.36. The zero-order chi connectivity index (χ0) is 22.5. The van der Waals surface area contributed by atoms with Gasteiger partial charge in [-0.2, -0.15) is 0 Å². The van der Waals surface area contributed by atoms with E-state index in [0.717, 1.165) is 12.1 Å². The van der Waals surface area contributed by atoms with Crippen LogP contribution < -0.4 is 15.0 Å². The predicted molar refractivity (Wildman–Crippen MR) is 111 cm³/mol. The molecular weight excluding hydrogens is 408 g/mol. The molecule has 1 aliphatic rings. The summed E-state index contributed by atoms with van der Waals surface area (Å²) in [6.07, 6.45) is -0.0923. The van der Waals surface area contributed by atoms with Crippen LogP contribution in [0.2, 0.25) is 0 Å². The third-order valence-electron chi connectivity index (χ3n) is 5.01. The number of benzene rings is 2. The molecule has 1 fully saturated rings. The highest BCUT2D eigenvalue weighted by Gasteiger charge is 2.37. The van der Waals surface area contributed by atoms with Crippen molar-refractivity contribution in [1.82, 2.24) is 4.90 Å². The highest BCUT2D eigenvalue weighted by Crippen LogP contribution is 2.27. The molecule has 0 spiro atoms. The molecule has 31 heavy (non-hydrogen) atoms. The standard InChI is InChI=1S/C22H23F2N3O4/c1-3-26(13-20(28)25-17-5-4-6-19(11-17)31-2)22(30)14-7-21(29)27(12-14)18-9-15(23)8-16(24)10-18/h4-6,8-11,14H,3,7,12-13H2,1-2H3,(H,25,28). The van der Waals surface area contributed by atoms with Crippen molar-refractivity contribution in [3.63, 3.8) is 0 Å². The maximum absolute atomic E-state index is 13.5. The summed E-state index contributed by atoms with van der Waals surface area (Å²) in [5.41, 5.74) is 0.597. The molecule has 1 aliphatic heterocycles. The number of ether oxygens (including phenoxy) is 1. The van der Waals surface area contributed by atoms with Gasteiger partial charge in [-0.1, -0.05) is 6.07 Å². The van der Waals surface area contributed by atoms with Crippen LogP contribution in [-0.2, 0) is 14.4 Å². The van der Waals surface area contributed by atoms with E-state index in [1.807, 2.05) is 0 Å². The molecule has 0 aromatic heterocycles. The van der Waals surface area contributed by atoms with Crippen LogP contribution in [0.1, 0.15) is 13.3 Å². The van der Waals surface area contributed by atoms with E-state index in [9.17, 15) is 23.2 Å². The molecule has 1 heterocycles. The number of halogens is 2. The van der Waals surface area contributed by atoms with E-state index < -0.39 is 29.4 Å². The van der Waals surface area contributed by atoms with Crippen molar-refractivity contribution in [2.24, 2.45) is 5.92 Å². The number of nitrogens with zero attached hydrogens (tertiary/aromatic N) is 2. The zero-order valence-electron chi connectivity index (χ0n) is 17.2. The molecule has 1 unspecified atom stereocenters. The maximum Gasteiger partial charge on any atom is 0.243 e. The normalized spacial score (nSPS) is 15.7. The van der Waals surface area contributed by atoms with Crippen molar-refractivity contribution in [2.75, 3.05) is 37.0 Å². The Morgan fingerprint density at radius 1 is 1.19 bits per heavy atom. The van der Waals surface area contributed by atoms with Gasteiger partial charge in [0.05, 0.1) is 19.6 Å². The maximum atomic E-state index is 13.5. The first kappa shape index (κ1) is 22.2. The van der Waals surface area contributed by atoms with Crippen LogP contribution in [0.5, 0.6) is 5.75 Å². The van der Waals surface area contributed by atoms with Gasteiger partial charge in [-0.05, 0) is 31.2 Å². The second-order valence-electron chi connectivity index (χ2n) is 7.17. The lowest BCUT2D eigenvalue weighted by molar-refractivity contribution is -0.138. The highest BCUT2D eigenvalue weighted by molar-refractivity contribution is 6.01. The Kier molecular flexibility index (Phi) is 6.84. The fourth-order valence-electron chi connectivity index (χ4n) is 3.50. The fourth-order valence-corrected chi connectivity index (χ4v) is 3.50. The van der Waals surface area contributed by atoms with Crippen LogP contribution in [-0.4, -0.2) is 49.4 Å². The summed E-state index contributed by atoms with van der Waals surface area (Å²) < 4.78 is 32.1. The summed E-state index contributed by atoms with van der Waals surface area (Å²) in [5, 5.41) is 2.71. The lowest BCUT2D eigenvalue weighted by Gasteiger charge is -2.24. The highest BCUT2D eigenvalue weighted by atomic mass is 19.1. The van der Waals surface area contributed by atoms with Crippen LogP contribution in [0.15, 0.2) is 42.5 Å². The largest absolute Gasteiger partial charge is 0.497 e. The monoisotopic (exact) mass is 431 g/mol. The second-order valence-corrected chi connectivity index (χ2v) is 7.17. The minimum absolute atomic E-state index is 0.00539. The average Bonchev–Trinajstić information content (AvgIpc) is 3.12. The number of hydrogen-bond donors (Lipinski definition) is 1. The molecule has 2 aromatic carbocycles. The van der Waals surface area contributed by atoms with Gasteiger partial charge in [-0.25, -0.2) is 8.78 Å².